The number of ether oxygens (including phenoxy) is 1. The monoisotopic (exact) mass is 425 g/mol. The Bertz CT molecular complexity index is 859. The van der Waals surface area contributed by atoms with E-state index in [1.165, 1.54) is 24.8 Å². The molecule has 1 aromatic heterocycles. The van der Waals surface area contributed by atoms with Crippen molar-refractivity contribution < 1.29 is 18.7 Å². The van der Waals surface area contributed by atoms with Crippen LogP contribution in [-0.4, -0.2) is 54.9 Å². The van der Waals surface area contributed by atoms with Crippen molar-refractivity contribution in [3.63, 3.8) is 0 Å². The molecule has 2 fully saturated rings. The Morgan fingerprint density at radius 1 is 1.19 bits per heavy atom. The minimum Gasteiger partial charge on any atom is -0.497 e. The summed E-state index contributed by atoms with van der Waals surface area (Å²) in [6.45, 7) is 3.45. The first-order valence-electron chi connectivity index (χ1n) is 11.1. The van der Waals surface area contributed by atoms with Crippen LogP contribution < -0.4 is 10.1 Å². The summed E-state index contributed by atoms with van der Waals surface area (Å²) in [6, 6.07) is 11.9. The smallest absolute Gasteiger partial charge is 0.225 e. The summed E-state index contributed by atoms with van der Waals surface area (Å²) in [4.78, 5) is 29.4. The van der Waals surface area contributed by atoms with Gasteiger partial charge in [0, 0.05) is 19.5 Å². The van der Waals surface area contributed by atoms with Crippen LogP contribution in [0.4, 0.5) is 0 Å². The number of carbonyl (C=O) groups is 2. The third kappa shape index (κ3) is 5.28. The molecule has 2 aliphatic rings. The van der Waals surface area contributed by atoms with Gasteiger partial charge in [0.15, 0.2) is 0 Å². The number of piperidine rings is 1. The second-order valence-corrected chi connectivity index (χ2v) is 8.39. The average Bonchev–Trinajstić information content (AvgIpc) is 3.45. The summed E-state index contributed by atoms with van der Waals surface area (Å²) in [5.41, 5.74) is 1.17. The number of carbonyl (C=O) groups excluding carboxylic acids is 2. The summed E-state index contributed by atoms with van der Waals surface area (Å²) in [5, 5.41) is 3.13. The van der Waals surface area contributed by atoms with E-state index in [4.69, 9.17) is 9.15 Å². The highest BCUT2D eigenvalue weighted by Gasteiger charge is 2.35. The molecule has 0 bridgehead atoms. The van der Waals surface area contributed by atoms with Gasteiger partial charge in [-0.3, -0.25) is 14.5 Å². The summed E-state index contributed by atoms with van der Waals surface area (Å²) in [5.74, 6) is 1.19. The van der Waals surface area contributed by atoms with E-state index in [-0.39, 0.29) is 30.2 Å². The predicted molar refractivity (Wildman–Crippen MR) is 116 cm³/mol. The van der Waals surface area contributed by atoms with Gasteiger partial charge in [-0.25, -0.2) is 0 Å². The maximum Gasteiger partial charge on any atom is 0.225 e. The van der Waals surface area contributed by atoms with Crippen LogP contribution in [0.2, 0.25) is 0 Å². The largest absolute Gasteiger partial charge is 0.497 e. The van der Waals surface area contributed by atoms with Crippen molar-refractivity contribution in [1.29, 1.82) is 0 Å². The van der Waals surface area contributed by atoms with E-state index in [1.54, 1.807) is 24.3 Å². The number of hydrogen-bond acceptors (Lipinski definition) is 5. The lowest BCUT2D eigenvalue weighted by Gasteiger charge is -2.35. The van der Waals surface area contributed by atoms with Crippen molar-refractivity contribution in [2.45, 2.75) is 38.3 Å². The van der Waals surface area contributed by atoms with E-state index in [0.29, 0.717) is 19.6 Å². The lowest BCUT2D eigenvalue weighted by atomic mass is 10.0. The Hall–Kier alpha value is -2.80. The lowest BCUT2D eigenvalue weighted by Crippen LogP contribution is -2.42. The van der Waals surface area contributed by atoms with E-state index in [1.807, 2.05) is 18.2 Å². The first-order valence-corrected chi connectivity index (χ1v) is 11.1. The molecular formula is C24H31N3O4. The molecule has 0 radical (unpaired) electrons. The molecule has 7 nitrogen and oxygen atoms in total. The summed E-state index contributed by atoms with van der Waals surface area (Å²) in [6.07, 6.45) is 5.47. The van der Waals surface area contributed by atoms with Crippen LogP contribution in [0.15, 0.2) is 47.1 Å². The third-order valence-electron chi connectivity index (χ3n) is 6.31. The van der Waals surface area contributed by atoms with Gasteiger partial charge in [0.25, 0.3) is 0 Å². The maximum absolute atomic E-state index is 12.9. The van der Waals surface area contributed by atoms with Crippen LogP contribution in [0.5, 0.6) is 5.75 Å². The lowest BCUT2D eigenvalue weighted by molar-refractivity contribution is -0.129. The Labute approximate surface area is 183 Å². The minimum absolute atomic E-state index is 0.000662. The van der Waals surface area contributed by atoms with E-state index < -0.39 is 0 Å². The fraction of sp³-hybridized carbons (Fsp3) is 0.500. The van der Waals surface area contributed by atoms with E-state index >= 15 is 0 Å². The van der Waals surface area contributed by atoms with Gasteiger partial charge in [0.05, 0.1) is 31.9 Å². The van der Waals surface area contributed by atoms with Gasteiger partial charge in [-0.1, -0.05) is 18.6 Å². The van der Waals surface area contributed by atoms with Crippen molar-refractivity contribution in [1.82, 2.24) is 15.1 Å². The number of hydrogen-bond donors (Lipinski definition) is 1. The van der Waals surface area contributed by atoms with Crippen molar-refractivity contribution in [2.24, 2.45) is 5.92 Å². The second-order valence-electron chi connectivity index (χ2n) is 8.39. The van der Waals surface area contributed by atoms with E-state index in [9.17, 15) is 9.59 Å². The van der Waals surface area contributed by atoms with Crippen LogP contribution in [0.3, 0.4) is 0 Å². The van der Waals surface area contributed by atoms with Crippen molar-refractivity contribution in [2.75, 3.05) is 33.3 Å². The van der Waals surface area contributed by atoms with Crippen molar-refractivity contribution in [3.05, 3.63) is 54.0 Å². The molecule has 2 saturated heterocycles. The van der Waals surface area contributed by atoms with Gasteiger partial charge >= 0.3 is 0 Å². The fourth-order valence-electron chi connectivity index (χ4n) is 4.55. The molecule has 0 spiro atoms. The van der Waals surface area contributed by atoms with Gasteiger partial charge < -0.3 is 19.4 Å². The highest BCUT2D eigenvalue weighted by Crippen LogP contribution is 2.27. The Morgan fingerprint density at radius 3 is 2.65 bits per heavy atom. The normalized spacial score (nSPS) is 20.6. The molecule has 31 heavy (non-hydrogen) atoms. The van der Waals surface area contributed by atoms with Crippen LogP contribution in [0.25, 0.3) is 0 Å². The quantitative estimate of drug-likeness (QED) is 0.704. The van der Waals surface area contributed by atoms with Gasteiger partial charge in [-0.05, 0) is 55.8 Å². The van der Waals surface area contributed by atoms with E-state index in [2.05, 4.69) is 22.3 Å². The SMILES string of the molecule is COc1ccc(C(CNC(=O)C2CC(=O)N(Cc3ccco3)C2)N2CCCCC2)cc1. The zero-order chi connectivity index (χ0) is 21.6. The molecule has 7 heteroatoms. The minimum atomic E-state index is -0.319. The molecule has 166 valence electrons. The van der Waals surface area contributed by atoms with Crippen LogP contribution in [0.1, 0.15) is 43.0 Å². The number of methoxy groups -OCH3 is 1. The fourth-order valence-corrected chi connectivity index (χ4v) is 4.55. The topological polar surface area (TPSA) is 75.0 Å². The van der Waals surface area contributed by atoms with Crippen LogP contribution in [-0.2, 0) is 16.1 Å². The molecule has 2 aliphatic heterocycles. The number of benzene rings is 1. The molecule has 2 unspecified atom stereocenters. The number of amides is 2. The number of furan rings is 1. The molecule has 2 aromatic rings. The number of rotatable bonds is 8. The first-order chi connectivity index (χ1) is 15.1. The second kappa shape index (κ2) is 10.0. The standard InChI is InChI=1S/C24H31N3O4/c1-30-20-9-7-18(8-10-20)22(26-11-3-2-4-12-26)15-25-24(29)19-14-23(28)27(16-19)17-21-6-5-13-31-21/h5-10,13,19,22H,2-4,11-12,14-17H2,1H3,(H,25,29). The molecule has 1 N–H and O–H groups in total. The van der Waals surface area contributed by atoms with E-state index in [0.717, 1.165) is 24.6 Å². The summed E-state index contributed by atoms with van der Waals surface area (Å²) < 4.78 is 10.6. The molecule has 0 aliphatic carbocycles. The van der Waals surface area contributed by atoms with Gasteiger partial charge in [-0.15, -0.1) is 0 Å². The van der Waals surface area contributed by atoms with Crippen molar-refractivity contribution in [3.8, 4) is 5.75 Å². The highest BCUT2D eigenvalue weighted by molar-refractivity contribution is 5.89. The molecule has 1 aromatic carbocycles. The molecular weight excluding hydrogens is 394 g/mol. The predicted octanol–water partition coefficient (Wildman–Crippen LogP) is 2.98. The number of nitrogens with one attached hydrogen (secondary N) is 1. The van der Waals surface area contributed by atoms with Crippen molar-refractivity contribution >= 4 is 11.8 Å². The first kappa shape index (κ1) is 21.4. The maximum atomic E-state index is 12.9. The number of likely N-dealkylation sites (tertiary alicyclic amines) is 2. The van der Waals surface area contributed by atoms with Gasteiger partial charge in [-0.2, -0.15) is 0 Å². The van der Waals surface area contributed by atoms with Gasteiger partial charge in [0.1, 0.15) is 11.5 Å². The summed E-state index contributed by atoms with van der Waals surface area (Å²) >= 11 is 0. The highest BCUT2D eigenvalue weighted by atomic mass is 16.5. The number of nitrogens with zero attached hydrogens (tertiary/aromatic N) is 2. The van der Waals surface area contributed by atoms with Crippen LogP contribution in [0, 0.1) is 5.92 Å². The Kier molecular flexibility index (Phi) is 6.92. The molecule has 2 atom stereocenters. The Morgan fingerprint density at radius 2 is 1.97 bits per heavy atom. The zero-order valence-corrected chi connectivity index (χ0v) is 18.1. The zero-order valence-electron chi connectivity index (χ0n) is 18.1. The molecule has 4 rings (SSSR count). The third-order valence-corrected chi connectivity index (χ3v) is 6.31. The summed E-state index contributed by atoms with van der Waals surface area (Å²) in [7, 11) is 1.66. The molecule has 3 heterocycles. The van der Waals surface area contributed by atoms with Crippen LogP contribution >= 0.6 is 0 Å². The molecule has 2 amide bonds. The molecule has 0 saturated carbocycles. The Balaban J connectivity index is 1.38. The average molecular weight is 426 g/mol. The van der Waals surface area contributed by atoms with Gasteiger partial charge in [0.2, 0.25) is 11.8 Å².